The molecule has 100 valence electrons. The summed E-state index contributed by atoms with van der Waals surface area (Å²) in [5.41, 5.74) is 0.657. The van der Waals surface area contributed by atoms with E-state index in [0.29, 0.717) is 10.6 Å². The van der Waals surface area contributed by atoms with E-state index < -0.39 is 5.82 Å². The maximum Gasteiger partial charge on any atom is 0.142 e. The summed E-state index contributed by atoms with van der Waals surface area (Å²) in [6.07, 6.45) is 5.21. The van der Waals surface area contributed by atoms with Crippen LogP contribution in [0.5, 0.6) is 0 Å². The average molecular weight is 290 g/mol. The summed E-state index contributed by atoms with van der Waals surface area (Å²) in [6, 6.07) is 2.83. The van der Waals surface area contributed by atoms with Crippen LogP contribution in [0.2, 0.25) is 10.0 Å². The molecule has 0 aromatic heterocycles. The number of halogens is 3. The fourth-order valence-electron chi connectivity index (χ4n) is 2.16. The lowest BCUT2D eigenvalue weighted by Crippen LogP contribution is -2.20. The van der Waals surface area contributed by atoms with E-state index in [2.05, 4.69) is 5.32 Å². The van der Waals surface area contributed by atoms with Crippen LogP contribution in [-0.2, 0) is 0 Å². The zero-order chi connectivity index (χ0) is 13.1. The molecule has 2 rings (SSSR count). The summed E-state index contributed by atoms with van der Waals surface area (Å²) in [7, 11) is 0. The molecule has 1 nitrogen and oxygen atoms in total. The van der Waals surface area contributed by atoms with Gasteiger partial charge in [-0.3, -0.25) is 0 Å². The van der Waals surface area contributed by atoms with Crippen LogP contribution in [0, 0.1) is 11.7 Å². The van der Waals surface area contributed by atoms with Gasteiger partial charge in [-0.25, -0.2) is 4.39 Å². The van der Waals surface area contributed by atoms with Gasteiger partial charge in [0, 0.05) is 16.6 Å². The predicted octanol–water partition coefficient (Wildman–Crippen LogP) is 4.97. The molecule has 18 heavy (non-hydrogen) atoms. The van der Waals surface area contributed by atoms with Crippen LogP contribution in [0.15, 0.2) is 12.1 Å². The van der Waals surface area contributed by atoms with Gasteiger partial charge >= 0.3 is 0 Å². The number of nitrogens with one attached hydrogen (secondary N) is 1. The summed E-state index contributed by atoms with van der Waals surface area (Å²) in [6.45, 7) is 2.88. The van der Waals surface area contributed by atoms with Crippen molar-refractivity contribution in [2.45, 2.75) is 38.6 Å². The maximum absolute atomic E-state index is 13.4. The monoisotopic (exact) mass is 289 g/mol. The topological polar surface area (TPSA) is 12.0 Å². The molecule has 0 bridgehead atoms. The molecule has 1 N–H and O–H groups in total. The first kappa shape index (κ1) is 14.1. The summed E-state index contributed by atoms with van der Waals surface area (Å²) in [5.74, 6) is 0.533. The number of benzene rings is 1. The Morgan fingerprint density at radius 2 is 2.11 bits per heavy atom. The van der Waals surface area contributed by atoms with E-state index in [4.69, 9.17) is 23.2 Å². The molecule has 0 heterocycles. The van der Waals surface area contributed by atoms with Gasteiger partial charge in [0.2, 0.25) is 0 Å². The zero-order valence-corrected chi connectivity index (χ0v) is 12.0. The third kappa shape index (κ3) is 3.59. The molecule has 1 aromatic rings. The van der Waals surface area contributed by atoms with Crippen LogP contribution in [0.3, 0.4) is 0 Å². The van der Waals surface area contributed by atoms with E-state index in [9.17, 15) is 4.39 Å². The Hall–Kier alpha value is -0.310. The quantitative estimate of drug-likeness (QED) is 0.576. The van der Waals surface area contributed by atoms with Gasteiger partial charge < -0.3 is 5.32 Å². The van der Waals surface area contributed by atoms with Gasteiger partial charge in [0.1, 0.15) is 5.82 Å². The van der Waals surface area contributed by atoms with Crippen LogP contribution >= 0.6 is 23.2 Å². The molecule has 1 atom stereocenters. The molecule has 4 heteroatoms. The molecule has 1 aliphatic carbocycles. The van der Waals surface area contributed by atoms with Crippen molar-refractivity contribution in [1.82, 2.24) is 5.32 Å². The molecule has 0 aliphatic heterocycles. The van der Waals surface area contributed by atoms with Gasteiger partial charge in [-0.2, -0.15) is 0 Å². The highest BCUT2D eigenvalue weighted by Crippen LogP contribution is 2.34. The Morgan fingerprint density at radius 3 is 2.78 bits per heavy atom. The first-order valence-electron chi connectivity index (χ1n) is 6.46. The lowest BCUT2D eigenvalue weighted by atomic mass is 10.1. The van der Waals surface area contributed by atoms with E-state index in [0.717, 1.165) is 18.9 Å². The Kier molecular flexibility index (Phi) is 4.88. The van der Waals surface area contributed by atoms with Crippen molar-refractivity contribution >= 4 is 23.2 Å². The van der Waals surface area contributed by atoms with E-state index in [1.165, 1.54) is 25.3 Å². The second kappa shape index (κ2) is 6.23. The number of hydrogen-bond donors (Lipinski definition) is 1. The molecule has 1 aliphatic rings. The fraction of sp³-hybridized carbons (Fsp3) is 0.571. The second-order valence-corrected chi connectivity index (χ2v) is 5.80. The number of rotatable bonds is 6. The Bertz CT molecular complexity index is 419. The average Bonchev–Trinajstić information content (AvgIpc) is 3.14. The first-order valence-corrected chi connectivity index (χ1v) is 7.22. The molecule has 1 fully saturated rings. The standard InChI is InChI=1S/C14H18Cl2FN/c1-9(18-8-2-3-10-4-5-10)13-11(15)6-7-12(17)14(13)16/h6-7,9-10,18H,2-5,8H2,1H3. The van der Waals surface area contributed by atoms with Gasteiger partial charge in [0.25, 0.3) is 0 Å². The lowest BCUT2D eigenvalue weighted by molar-refractivity contribution is 0.530. The molecule has 1 saturated carbocycles. The minimum atomic E-state index is -0.414. The second-order valence-electron chi connectivity index (χ2n) is 5.02. The molecule has 1 aromatic carbocycles. The molecular formula is C14H18Cl2FN. The van der Waals surface area contributed by atoms with Crippen LogP contribution in [-0.4, -0.2) is 6.54 Å². The van der Waals surface area contributed by atoms with E-state index in [-0.39, 0.29) is 11.1 Å². The zero-order valence-electron chi connectivity index (χ0n) is 10.5. The molecular weight excluding hydrogens is 272 g/mol. The van der Waals surface area contributed by atoms with Crippen LogP contribution in [0.25, 0.3) is 0 Å². The van der Waals surface area contributed by atoms with Crippen LogP contribution in [0.4, 0.5) is 4.39 Å². The van der Waals surface area contributed by atoms with Crippen molar-refractivity contribution in [3.05, 3.63) is 33.6 Å². The minimum Gasteiger partial charge on any atom is -0.310 e. The van der Waals surface area contributed by atoms with Gasteiger partial charge in [-0.15, -0.1) is 0 Å². The highest BCUT2D eigenvalue weighted by atomic mass is 35.5. The highest BCUT2D eigenvalue weighted by Gasteiger charge is 2.20. The van der Waals surface area contributed by atoms with E-state index in [1.807, 2.05) is 6.92 Å². The molecule has 1 unspecified atom stereocenters. The van der Waals surface area contributed by atoms with Gasteiger partial charge in [0.05, 0.1) is 5.02 Å². The Morgan fingerprint density at radius 1 is 1.39 bits per heavy atom. The van der Waals surface area contributed by atoms with Crippen molar-refractivity contribution in [3.63, 3.8) is 0 Å². The summed E-state index contributed by atoms with van der Waals surface area (Å²) >= 11 is 12.0. The van der Waals surface area contributed by atoms with Crippen molar-refractivity contribution in [1.29, 1.82) is 0 Å². The smallest absolute Gasteiger partial charge is 0.142 e. The molecule has 0 amide bonds. The van der Waals surface area contributed by atoms with Crippen LogP contribution in [0.1, 0.15) is 44.2 Å². The van der Waals surface area contributed by atoms with E-state index >= 15 is 0 Å². The van der Waals surface area contributed by atoms with Crippen molar-refractivity contribution in [3.8, 4) is 0 Å². The summed E-state index contributed by atoms with van der Waals surface area (Å²) in [4.78, 5) is 0. The summed E-state index contributed by atoms with van der Waals surface area (Å²) in [5, 5.41) is 4.00. The van der Waals surface area contributed by atoms with Crippen molar-refractivity contribution in [2.24, 2.45) is 5.92 Å². The molecule has 0 radical (unpaired) electrons. The number of hydrogen-bond acceptors (Lipinski definition) is 1. The van der Waals surface area contributed by atoms with Crippen molar-refractivity contribution < 1.29 is 4.39 Å². The normalized spacial score (nSPS) is 16.9. The Balaban J connectivity index is 1.90. The largest absolute Gasteiger partial charge is 0.310 e. The van der Waals surface area contributed by atoms with Gasteiger partial charge in [-0.1, -0.05) is 36.0 Å². The van der Waals surface area contributed by atoms with E-state index in [1.54, 1.807) is 6.07 Å². The first-order chi connectivity index (χ1) is 8.59. The van der Waals surface area contributed by atoms with Gasteiger partial charge in [0.15, 0.2) is 0 Å². The highest BCUT2D eigenvalue weighted by molar-refractivity contribution is 6.36. The third-order valence-corrected chi connectivity index (χ3v) is 4.16. The van der Waals surface area contributed by atoms with Crippen LogP contribution < -0.4 is 5.32 Å². The lowest BCUT2D eigenvalue weighted by Gasteiger charge is -2.17. The SMILES string of the molecule is CC(NCCCC1CC1)c1c(Cl)ccc(F)c1Cl. The Labute approximate surface area is 118 Å². The third-order valence-electron chi connectivity index (χ3n) is 3.45. The predicted molar refractivity (Wildman–Crippen MR) is 74.8 cm³/mol. The van der Waals surface area contributed by atoms with Crippen molar-refractivity contribution in [2.75, 3.05) is 6.54 Å². The van der Waals surface area contributed by atoms with Gasteiger partial charge in [-0.05, 0) is 44.4 Å². The minimum absolute atomic E-state index is 0.0279. The molecule has 0 saturated heterocycles. The summed E-state index contributed by atoms with van der Waals surface area (Å²) < 4.78 is 13.4. The molecule has 0 spiro atoms. The maximum atomic E-state index is 13.4. The fourth-order valence-corrected chi connectivity index (χ4v) is 2.86.